The van der Waals surface area contributed by atoms with Gasteiger partial charge in [-0.1, -0.05) is 18.2 Å². The van der Waals surface area contributed by atoms with Gasteiger partial charge in [0.2, 0.25) is 0 Å². The van der Waals surface area contributed by atoms with Gasteiger partial charge in [-0.15, -0.1) is 0 Å². The smallest absolute Gasteiger partial charge is 0.423 e. The summed E-state index contributed by atoms with van der Waals surface area (Å²) < 4.78 is 20.1. The molecular formula is C17H29BFNO3. The van der Waals surface area contributed by atoms with Gasteiger partial charge in [-0.05, 0) is 48.5 Å². The monoisotopic (exact) mass is 325 g/mol. The lowest BCUT2D eigenvalue weighted by molar-refractivity contribution is -0.0983. The van der Waals surface area contributed by atoms with Gasteiger partial charge in [0.25, 0.3) is 0 Å². The Hall–Kier alpha value is -0.945. The van der Waals surface area contributed by atoms with Gasteiger partial charge in [0, 0.05) is 23.1 Å². The Morgan fingerprint density at radius 3 is 2.17 bits per heavy atom. The summed E-state index contributed by atoms with van der Waals surface area (Å²) in [5.41, 5.74) is -1.84. The van der Waals surface area contributed by atoms with Crippen LogP contribution in [0.5, 0.6) is 0 Å². The minimum atomic E-state index is -1.45. The highest BCUT2D eigenvalue weighted by molar-refractivity contribution is 6.60. The van der Waals surface area contributed by atoms with Gasteiger partial charge in [-0.3, -0.25) is 0 Å². The number of hydrogen-bond acceptors (Lipinski definition) is 4. The zero-order chi connectivity index (χ0) is 18.1. The van der Waals surface area contributed by atoms with Crippen LogP contribution in [0.3, 0.4) is 0 Å². The molecule has 0 aliphatic carbocycles. The fraction of sp³-hybridized carbons (Fsp3) is 0.647. The maximum absolute atomic E-state index is 14.6. The molecule has 0 heterocycles. The van der Waals surface area contributed by atoms with Crippen LogP contribution in [0.25, 0.3) is 0 Å². The first kappa shape index (κ1) is 20.1. The minimum absolute atomic E-state index is 0.0653. The van der Waals surface area contributed by atoms with Gasteiger partial charge in [-0.2, -0.15) is 0 Å². The topological polar surface area (TPSA) is 61.7 Å². The van der Waals surface area contributed by atoms with Crippen LogP contribution in [0.4, 0.5) is 4.39 Å². The first-order chi connectivity index (χ1) is 10.2. The van der Waals surface area contributed by atoms with Crippen LogP contribution in [0.15, 0.2) is 18.2 Å². The average molecular weight is 325 g/mol. The lowest BCUT2D eigenvalue weighted by Crippen LogP contribution is -2.53. The molecule has 0 radical (unpaired) electrons. The molecule has 1 aromatic carbocycles. The van der Waals surface area contributed by atoms with E-state index in [0.717, 1.165) is 0 Å². The quantitative estimate of drug-likeness (QED) is 0.700. The normalized spacial score (nSPS) is 13.3. The highest BCUT2D eigenvalue weighted by Gasteiger charge is 2.40. The average Bonchev–Trinajstić information content (AvgIpc) is 2.34. The molecule has 0 aliphatic heterocycles. The van der Waals surface area contributed by atoms with E-state index in [4.69, 9.17) is 4.65 Å². The van der Waals surface area contributed by atoms with Gasteiger partial charge in [0.15, 0.2) is 0 Å². The van der Waals surface area contributed by atoms with Crippen molar-refractivity contribution < 1.29 is 19.2 Å². The Morgan fingerprint density at radius 1 is 1.13 bits per heavy atom. The van der Waals surface area contributed by atoms with Crippen molar-refractivity contribution in [3.63, 3.8) is 0 Å². The van der Waals surface area contributed by atoms with Gasteiger partial charge < -0.3 is 20.1 Å². The van der Waals surface area contributed by atoms with Crippen molar-refractivity contribution in [2.24, 2.45) is 0 Å². The Kier molecular flexibility index (Phi) is 6.02. The molecule has 0 aromatic heterocycles. The van der Waals surface area contributed by atoms with E-state index in [0.29, 0.717) is 12.1 Å². The molecule has 0 aliphatic rings. The van der Waals surface area contributed by atoms with Crippen LogP contribution in [-0.2, 0) is 11.2 Å². The van der Waals surface area contributed by atoms with E-state index in [1.54, 1.807) is 39.8 Å². The van der Waals surface area contributed by atoms with E-state index in [1.807, 2.05) is 20.8 Å². The molecule has 4 nitrogen and oxygen atoms in total. The largest absolute Gasteiger partial charge is 0.494 e. The molecule has 0 fully saturated rings. The van der Waals surface area contributed by atoms with E-state index in [-0.39, 0.29) is 11.0 Å². The number of benzene rings is 1. The second-order valence-electron chi connectivity index (χ2n) is 7.96. The second-order valence-corrected chi connectivity index (χ2v) is 7.96. The van der Waals surface area contributed by atoms with Crippen molar-refractivity contribution in [2.75, 3.05) is 0 Å². The third-order valence-electron chi connectivity index (χ3n) is 4.06. The number of hydrogen-bond donors (Lipinski definition) is 3. The summed E-state index contributed by atoms with van der Waals surface area (Å²) in [6.45, 7) is 12.8. The molecule has 0 amide bonds. The molecule has 3 N–H and O–H groups in total. The van der Waals surface area contributed by atoms with Crippen molar-refractivity contribution in [3.05, 3.63) is 29.6 Å². The van der Waals surface area contributed by atoms with E-state index in [9.17, 15) is 14.5 Å². The lowest BCUT2D eigenvalue weighted by Gasteiger charge is -2.38. The van der Waals surface area contributed by atoms with Crippen molar-refractivity contribution >= 4 is 12.6 Å². The summed E-state index contributed by atoms with van der Waals surface area (Å²) in [5, 5.41) is 23.6. The summed E-state index contributed by atoms with van der Waals surface area (Å²) in [6.07, 6.45) is 0. The first-order valence-corrected chi connectivity index (χ1v) is 7.85. The van der Waals surface area contributed by atoms with Crippen LogP contribution < -0.4 is 10.8 Å². The van der Waals surface area contributed by atoms with Gasteiger partial charge in [-0.25, -0.2) is 4.39 Å². The summed E-state index contributed by atoms with van der Waals surface area (Å²) in [5.74, 6) is -0.497. The number of rotatable bonds is 6. The van der Waals surface area contributed by atoms with Gasteiger partial charge in [0.05, 0.1) is 11.2 Å². The van der Waals surface area contributed by atoms with Crippen LogP contribution in [0.1, 0.15) is 54.0 Å². The molecule has 0 saturated heterocycles. The Morgan fingerprint density at radius 2 is 1.70 bits per heavy atom. The maximum Gasteiger partial charge on any atom is 0.494 e. The molecule has 0 saturated carbocycles. The number of halogens is 1. The van der Waals surface area contributed by atoms with Crippen LogP contribution in [0.2, 0.25) is 0 Å². The van der Waals surface area contributed by atoms with Gasteiger partial charge in [0.1, 0.15) is 5.82 Å². The molecule has 0 spiro atoms. The highest BCUT2D eigenvalue weighted by atomic mass is 19.1. The molecule has 23 heavy (non-hydrogen) atoms. The van der Waals surface area contributed by atoms with Crippen molar-refractivity contribution in [2.45, 2.75) is 71.8 Å². The number of nitrogens with one attached hydrogen (secondary N) is 1. The Bertz CT molecular complexity index is 536. The Balaban J connectivity index is 2.96. The van der Waals surface area contributed by atoms with Crippen LogP contribution in [0, 0.1) is 5.82 Å². The van der Waals surface area contributed by atoms with Crippen LogP contribution >= 0.6 is 0 Å². The molecule has 1 aromatic rings. The number of aliphatic hydroxyl groups is 1. The van der Waals surface area contributed by atoms with Crippen LogP contribution in [-0.4, -0.2) is 34.0 Å². The SMILES string of the molecule is CC(C)(C)NCc1cccc(B(O)OC(C)(C)C(C)(C)O)c1F. The lowest BCUT2D eigenvalue weighted by atomic mass is 9.75. The molecule has 1 rings (SSSR count). The first-order valence-electron chi connectivity index (χ1n) is 7.85. The summed E-state index contributed by atoms with van der Waals surface area (Å²) in [7, 11) is -1.45. The zero-order valence-corrected chi connectivity index (χ0v) is 15.2. The third-order valence-corrected chi connectivity index (χ3v) is 4.06. The predicted molar refractivity (Wildman–Crippen MR) is 92.1 cm³/mol. The highest BCUT2D eigenvalue weighted by Crippen LogP contribution is 2.25. The van der Waals surface area contributed by atoms with Crippen molar-refractivity contribution in [1.29, 1.82) is 0 Å². The molecule has 6 heteroatoms. The standard InChI is InChI=1S/C17H29BFNO3/c1-15(2,3)20-11-12-9-8-10-13(14(12)19)18(22)23-17(6,7)16(4,5)21/h8-10,20-22H,11H2,1-7H3. The molecule has 0 atom stereocenters. The third kappa shape index (κ3) is 5.57. The second kappa shape index (κ2) is 6.89. The van der Waals surface area contributed by atoms with Crippen molar-refractivity contribution in [3.8, 4) is 0 Å². The summed E-state index contributed by atoms with van der Waals surface area (Å²) in [4.78, 5) is 0. The molecule has 0 unspecified atom stereocenters. The van der Waals surface area contributed by atoms with E-state index in [2.05, 4.69) is 5.32 Å². The zero-order valence-electron chi connectivity index (χ0n) is 15.2. The van der Waals surface area contributed by atoms with E-state index in [1.165, 1.54) is 6.07 Å². The minimum Gasteiger partial charge on any atom is -0.423 e. The maximum atomic E-state index is 14.6. The molecule has 0 bridgehead atoms. The molecule has 130 valence electrons. The summed E-state index contributed by atoms with van der Waals surface area (Å²) in [6, 6.07) is 4.84. The van der Waals surface area contributed by atoms with E-state index < -0.39 is 24.1 Å². The molecular weight excluding hydrogens is 296 g/mol. The Labute approximate surface area is 139 Å². The predicted octanol–water partition coefficient (Wildman–Crippen LogP) is 1.97. The van der Waals surface area contributed by atoms with Gasteiger partial charge >= 0.3 is 7.12 Å². The van der Waals surface area contributed by atoms with E-state index >= 15 is 0 Å². The summed E-state index contributed by atoms with van der Waals surface area (Å²) >= 11 is 0. The fourth-order valence-electron chi connectivity index (χ4n) is 1.77. The fourth-order valence-corrected chi connectivity index (χ4v) is 1.77. The van der Waals surface area contributed by atoms with Crippen molar-refractivity contribution in [1.82, 2.24) is 5.32 Å².